The number of hydrogen-bond acceptors (Lipinski definition) is 4. The van der Waals surface area contributed by atoms with E-state index < -0.39 is 0 Å². The van der Waals surface area contributed by atoms with Crippen LogP contribution in [-0.2, 0) is 12.1 Å². The molecule has 3 rings (SSSR count). The van der Waals surface area contributed by atoms with Gasteiger partial charge < -0.3 is 5.73 Å². The van der Waals surface area contributed by atoms with Crippen molar-refractivity contribution in [3.63, 3.8) is 0 Å². The zero-order chi connectivity index (χ0) is 16.4. The van der Waals surface area contributed by atoms with Crippen LogP contribution in [0.3, 0.4) is 0 Å². The molecule has 1 aromatic heterocycles. The van der Waals surface area contributed by atoms with Crippen LogP contribution in [0.5, 0.6) is 0 Å². The van der Waals surface area contributed by atoms with Gasteiger partial charge >= 0.3 is 0 Å². The maximum absolute atomic E-state index is 5.67. The van der Waals surface area contributed by atoms with E-state index in [1.807, 2.05) is 30.3 Å². The molecule has 0 aliphatic carbocycles. The zero-order valence-electron chi connectivity index (χ0n) is 13.7. The fourth-order valence-corrected chi connectivity index (χ4v) is 2.36. The summed E-state index contributed by atoms with van der Waals surface area (Å²) >= 11 is 0. The van der Waals surface area contributed by atoms with Crippen molar-refractivity contribution in [3.05, 3.63) is 54.1 Å². The van der Waals surface area contributed by atoms with E-state index in [-0.39, 0.29) is 5.54 Å². The average Bonchev–Trinajstić information content (AvgIpc) is 3.05. The van der Waals surface area contributed by atoms with Crippen LogP contribution in [0.4, 0.5) is 0 Å². The van der Waals surface area contributed by atoms with E-state index in [0.717, 1.165) is 22.3 Å². The summed E-state index contributed by atoms with van der Waals surface area (Å²) in [5.41, 5.74) is 9.77. The van der Waals surface area contributed by atoms with Gasteiger partial charge in [0, 0.05) is 12.1 Å². The smallest absolute Gasteiger partial charge is 0.205 e. The molecule has 2 aromatic carbocycles. The predicted octanol–water partition coefficient (Wildman–Crippen LogP) is 3.22. The Hall–Kier alpha value is -2.53. The summed E-state index contributed by atoms with van der Waals surface area (Å²) in [5, 5.41) is 13.0. The molecule has 2 N–H and O–H groups in total. The van der Waals surface area contributed by atoms with Crippen molar-refractivity contribution < 1.29 is 0 Å². The van der Waals surface area contributed by atoms with E-state index in [0.29, 0.717) is 12.4 Å². The lowest BCUT2D eigenvalue weighted by Gasteiger charge is -2.15. The summed E-state index contributed by atoms with van der Waals surface area (Å²) in [4.78, 5) is 1.65. The fraction of sp³-hybridized carbons (Fsp3) is 0.278. The van der Waals surface area contributed by atoms with Gasteiger partial charge in [0.15, 0.2) is 0 Å². The third-order valence-corrected chi connectivity index (χ3v) is 3.68. The number of rotatable bonds is 3. The van der Waals surface area contributed by atoms with Gasteiger partial charge in [-0.1, -0.05) is 48.5 Å². The molecule has 0 saturated heterocycles. The molecule has 0 aliphatic heterocycles. The minimum absolute atomic E-state index is 0.192. The van der Waals surface area contributed by atoms with Crippen LogP contribution in [-0.4, -0.2) is 20.2 Å². The van der Waals surface area contributed by atoms with E-state index in [1.54, 1.807) is 4.80 Å². The Morgan fingerprint density at radius 3 is 2.17 bits per heavy atom. The Kier molecular flexibility index (Phi) is 3.96. The highest BCUT2D eigenvalue weighted by molar-refractivity contribution is 5.80. The highest BCUT2D eigenvalue weighted by Gasteiger charge is 2.19. The van der Waals surface area contributed by atoms with Crippen molar-refractivity contribution in [1.82, 2.24) is 20.2 Å². The molecular formula is C18H21N5. The van der Waals surface area contributed by atoms with Gasteiger partial charge in [0.25, 0.3) is 0 Å². The first-order chi connectivity index (χ1) is 11.0. The molecular weight excluding hydrogens is 286 g/mol. The van der Waals surface area contributed by atoms with E-state index in [2.05, 4.69) is 54.4 Å². The molecule has 0 bridgehead atoms. The van der Waals surface area contributed by atoms with E-state index in [4.69, 9.17) is 5.73 Å². The SMILES string of the molecule is CC(C)(C)n1nnc(-c2ccccc2-c2ccc(CN)cc2)n1. The van der Waals surface area contributed by atoms with Crippen molar-refractivity contribution in [3.8, 4) is 22.5 Å². The number of nitrogens with zero attached hydrogens (tertiary/aromatic N) is 4. The van der Waals surface area contributed by atoms with Crippen LogP contribution >= 0.6 is 0 Å². The van der Waals surface area contributed by atoms with Crippen LogP contribution < -0.4 is 5.73 Å². The Morgan fingerprint density at radius 2 is 1.61 bits per heavy atom. The van der Waals surface area contributed by atoms with Crippen LogP contribution in [0.25, 0.3) is 22.5 Å². The molecule has 0 atom stereocenters. The van der Waals surface area contributed by atoms with E-state index >= 15 is 0 Å². The van der Waals surface area contributed by atoms with Crippen LogP contribution in [0.1, 0.15) is 26.3 Å². The summed E-state index contributed by atoms with van der Waals surface area (Å²) in [6.07, 6.45) is 0. The Morgan fingerprint density at radius 1 is 0.957 bits per heavy atom. The molecule has 1 heterocycles. The number of nitrogens with two attached hydrogens (primary N) is 1. The monoisotopic (exact) mass is 307 g/mol. The number of aromatic nitrogens is 4. The quantitative estimate of drug-likeness (QED) is 0.806. The summed E-state index contributed by atoms with van der Waals surface area (Å²) in [6, 6.07) is 16.4. The Balaban J connectivity index is 2.05. The molecule has 0 aliphatic rings. The van der Waals surface area contributed by atoms with Crippen molar-refractivity contribution in [1.29, 1.82) is 0 Å². The van der Waals surface area contributed by atoms with Gasteiger partial charge in [0.2, 0.25) is 5.82 Å². The molecule has 0 spiro atoms. The molecule has 0 unspecified atom stereocenters. The lowest BCUT2D eigenvalue weighted by atomic mass is 9.98. The maximum atomic E-state index is 5.67. The molecule has 0 amide bonds. The van der Waals surface area contributed by atoms with Crippen LogP contribution in [0.2, 0.25) is 0 Å². The summed E-state index contributed by atoms with van der Waals surface area (Å²) in [5.74, 6) is 0.637. The highest BCUT2D eigenvalue weighted by atomic mass is 15.6. The maximum Gasteiger partial charge on any atom is 0.205 e. The molecule has 0 saturated carbocycles. The van der Waals surface area contributed by atoms with Crippen molar-refractivity contribution in [2.75, 3.05) is 0 Å². The predicted molar refractivity (Wildman–Crippen MR) is 91.6 cm³/mol. The number of tetrazole rings is 1. The minimum Gasteiger partial charge on any atom is -0.326 e. The molecule has 3 aromatic rings. The second-order valence-electron chi connectivity index (χ2n) is 6.52. The molecule has 23 heavy (non-hydrogen) atoms. The van der Waals surface area contributed by atoms with Crippen molar-refractivity contribution in [2.24, 2.45) is 5.73 Å². The minimum atomic E-state index is -0.192. The van der Waals surface area contributed by atoms with Gasteiger partial charge in [-0.2, -0.15) is 4.80 Å². The molecule has 118 valence electrons. The van der Waals surface area contributed by atoms with Gasteiger partial charge in [-0.05, 0) is 42.7 Å². The highest BCUT2D eigenvalue weighted by Crippen LogP contribution is 2.30. The molecule has 5 nitrogen and oxygen atoms in total. The van der Waals surface area contributed by atoms with E-state index in [1.165, 1.54) is 0 Å². The van der Waals surface area contributed by atoms with Crippen LogP contribution in [0.15, 0.2) is 48.5 Å². The Bertz CT molecular complexity index is 797. The van der Waals surface area contributed by atoms with Crippen molar-refractivity contribution >= 4 is 0 Å². The third kappa shape index (κ3) is 3.14. The normalized spacial score (nSPS) is 11.7. The summed E-state index contributed by atoms with van der Waals surface area (Å²) < 4.78 is 0. The first-order valence-electron chi connectivity index (χ1n) is 7.68. The van der Waals surface area contributed by atoms with Gasteiger partial charge in [-0.3, -0.25) is 0 Å². The first-order valence-corrected chi connectivity index (χ1v) is 7.68. The molecule has 0 radical (unpaired) electrons. The number of benzene rings is 2. The lowest BCUT2D eigenvalue weighted by Crippen LogP contribution is -2.24. The third-order valence-electron chi connectivity index (χ3n) is 3.68. The van der Waals surface area contributed by atoms with Crippen molar-refractivity contribution in [2.45, 2.75) is 32.9 Å². The topological polar surface area (TPSA) is 69.6 Å². The van der Waals surface area contributed by atoms with Crippen LogP contribution in [0, 0.1) is 0 Å². The number of hydrogen-bond donors (Lipinski definition) is 1. The van der Waals surface area contributed by atoms with Gasteiger partial charge in [0.1, 0.15) is 0 Å². The lowest BCUT2D eigenvalue weighted by molar-refractivity contribution is 0.306. The molecule has 0 fully saturated rings. The standard InChI is InChI=1S/C18H21N5/c1-18(2,3)23-21-17(20-22-23)16-7-5-4-6-15(16)14-10-8-13(12-19)9-11-14/h4-11H,12,19H2,1-3H3. The largest absolute Gasteiger partial charge is 0.326 e. The molecule has 5 heteroatoms. The Labute approximate surface area is 136 Å². The summed E-state index contributed by atoms with van der Waals surface area (Å²) in [7, 11) is 0. The average molecular weight is 307 g/mol. The fourth-order valence-electron chi connectivity index (χ4n) is 2.36. The van der Waals surface area contributed by atoms with Gasteiger partial charge in [-0.25, -0.2) is 0 Å². The zero-order valence-corrected chi connectivity index (χ0v) is 13.7. The van der Waals surface area contributed by atoms with Gasteiger partial charge in [-0.15, -0.1) is 10.2 Å². The second kappa shape index (κ2) is 5.93. The van der Waals surface area contributed by atoms with Gasteiger partial charge in [0.05, 0.1) is 5.54 Å². The first kappa shape index (κ1) is 15.4. The second-order valence-corrected chi connectivity index (χ2v) is 6.52. The summed E-state index contributed by atoms with van der Waals surface area (Å²) in [6.45, 7) is 6.70. The van der Waals surface area contributed by atoms with E-state index in [9.17, 15) is 0 Å².